The standard InChI is InChI=1S/C18H28N2O/c1-14-6-5-10-20(13-14)11-9-18(21)16-7-8-17(19(3)4)15(2)12-16/h7-8,12,14H,5-6,9-11,13H2,1-4H3. The van der Waals surface area contributed by atoms with E-state index < -0.39 is 0 Å². The van der Waals surface area contributed by atoms with E-state index in [1.807, 2.05) is 32.3 Å². The topological polar surface area (TPSA) is 23.6 Å². The summed E-state index contributed by atoms with van der Waals surface area (Å²) in [6.07, 6.45) is 3.23. The lowest BCUT2D eigenvalue weighted by atomic mass is 9.99. The molecule has 1 fully saturated rings. The minimum absolute atomic E-state index is 0.265. The molecule has 1 unspecified atom stereocenters. The van der Waals surface area contributed by atoms with Gasteiger partial charge in [0.2, 0.25) is 0 Å². The summed E-state index contributed by atoms with van der Waals surface area (Å²) in [5.41, 5.74) is 3.19. The van der Waals surface area contributed by atoms with Crippen molar-refractivity contribution in [2.45, 2.75) is 33.1 Å². The highest BCUT2D eigenvalue weighted by atomic mass is 16.1. The highest BCUT2D eigenvalue weighted by Crippen LogP contribution is 2.20. The van der Waals surface area contributed by atoms with Gasteiger partial charge in [-0.25, -0.2) is 0 Å². The number of piperidine rings is 1. The Bertz CT molecular complexity index is 496. The van der Waals surface area contributed by atoms with Crippen LogP contribution in [-0.4, -0.2) is 44.4 Å². The maximum Gasteiger partial charge on any atom is 0.164 e. The van der Waals surface area contributed by atoms with Crippen molar-refractivity contribution in [3.05, 3.63) is 29.3 Å². The number of nitrogens with zero attached hydrogens (tertiary/aromatic N) is 2. The molecule has 1 aliphatic heterocycles. The molecule has 1 aromatic rings. The quantitative estimate of drug-likeness (QED) is 0.776. The number of carbonyl (C=O) groups excluding carboxylic acids is 1. The van der Waals surface area contributed by atoms with Gasteiger partial charge < -0.3 is 9.80 Å². The van der Waals surface area contributed by atoms with Gasteiger partial charge in [0.25, 0.3) is 0 Å². The van der Waals surface area contributed by atoms with E-state index in [1.165, 1.54) is 18.5 Å². The minimum Gasteiger partial charge on any atom is -0.377 e. The average molecular weight is 288 g/mol. The van der Waals surface area contributed by atoms with Crippen molar-refractivity contribution in [1.29, 1.82) is 0 Å². The van der Waals surface area contributed by atoms with E-state index in [1.54, 1.807) is 0 Å². The molecule has 1 saturated heterocycles. The summed E-state index contributed by atoms with van der Waals surface area (Å²) in [7, 11) is 4.06. The molecule has 3 nitrogen and oxygen atoms in total. The van der Waals surface area contributed by atoms with Gasteiger partial charge in [0.15, 0.2) is 5.78 Å². The molecule has 0 aromatic heterocycles. The number of likely N-dealkylation sites (tertiary alicyclic amines) is 1. The van der Waals surface area contributed by atoms with Crippen LogP contribution in [-0.2, 0) is 0 Å². The maximum absolute atomic E-state index is 12.4. The summed E-state index contributed by atoms with van der Waals surface area (Å²) in [6.45, 7) is 7.56. The number of benzene rings is 1. The Kier molecular flexibility index (Phi) is 5.40. The molecule has 2 rings (SSSR count). The fourth-order valence-corrected chi connectivity index (χ4v) is 3.22. The highest BCUT2D eigenvalue weighted by molar-refractivity contribution is 5.96. The summed E-state index contributed by atoms with van der Waals surface area (Å²) < 4.78 is 0. The van der Waals surface area contributed by atoms with Gasteiger partial charge >= 0.3 is 0 Å². The summed E-state index contributed by atoms with van der Waals surface area (Å²) in [5.74, 6) is 1.04. The van der Waals surface area contributed by atoms with Crippen molar-refractivity contribution < 1.29 is 4.79 Å². The Morgan fingerprint density at radius 3 is 2.76 bits per heavy atom. The Balaban J connectivity index is 1.92. The average Bonchev–Trinajstić information content (AvgIpc) is 2.44. The van der Waals surface area contributed by atoms with Gasteiger partial charge in [-0.3, -0.25) is 4.79 Å². The molecule has 1 aliphatic rings. The lowest BCUT2D eigenvalue weighted by Crippen LogP contribution is -2.35. The van der Waals surface area contributed by atoms with Crippen LogP contribution in [0.1, 0.15) is 42.1 Å². The summed E-state index contributed by atoms with van der Waals surface area (Å²) in [5, 5.41) is 0. The molecule has 0 spiro atoms. The number of Topliss-reactive ketones (excluding diaryl/α,β-unsaturated/α-hetero) is 1. The second-order valence-corrected chi connectivity index (χ2v) is 6.62. The summed E-state index contributed by atoms with van der Waals surface area (Å²) in [4.78, 5) is 16.9. The Morgan fingerprint density at radius 1 is 1.38 bits per heavy atom. The van der Waals surface area contributed by atoms with Crippen molar-refractivity contribution in [1.82, 2.24) is 4.90 Å². The Morgan fingerprint density at radius 2 is 2.14 bits per heavy atom. The second-order valence-electron chi connectivity index (χ2n) is 6.62. The van der Waals surface area contributed by atoms with Gasteiger partial charge in [-0.2, -0.15) is 0 Å². The van der Waals surface area contributed by atoms with Crippen molar-refractivity contribution in [2.24, 2.45) is 5.92 Å². The Hall–Kier alpha value is -1.35. The smallest absolute Gasteiger partial charge is 0.164 e. The summed E-state index contributed by atoms with van der Waals surface area (Å²) >= 11 is 0. The molecular formula is C18H28N2O. The molecule has 1 atom stereocenters. The first-order valence-corrected chi connectivity index (χ1v) is 8.01. The normalized spacial score (nSPS) is 19.5. The zero-order chi connectivity index (χ0) is 15.4. The van der Waals surface area contributed by atoms with Crippen LogP contribution in [0.3, 0.4) is 0 Å². The maximum atomic E-state index is 12.4. The number of hydrogen-bond acceptors (Lipinski definition) is 3. The zero-order valence-corrected chi connectivity index (χ0v) is 13.9. The van der Waals surface area contributed by atoms with Crippen LogP contribution in [0, 0.1) is 12.8 Å². The van der Waals surface area contributed by atoms with Gasteiger partial charge in [-0.05, 0) is 56.0 Å². The van der Waals surface area contributed by atoms with E-state index >= 15 is 0 Å². The fraction of sp³-hybridized carbons (Fsp3) is 0.611. The predicted molar refractivity (Wildman–Crippen MR) is 89.3 cm³/mol. The fourth-order valence-electron chi connectivity index (χ4n) is 3.22. The third-order valence-corrected chi connectivity index (χ3v) is 4.40. The Labute approximate surface area is 128 Å². The highest BCUT2D eigenvalue weighted by Gasteiger charge is 2.17. The van der Waals surface area contributed by atoms with Crippen LogP contribution in [0.4, 0.5) is 5.69 Å². The molecule has 1 heterocycles. The molecule has 0 amide bonds. The molecular weight excluding hydrogens is 260 g/mol. The third kappa shape index (κ3) is 4.31. The molecule has 21 heavy (non-hydrogen) atoms. The van der Waals surface area contributed by atoms with Crippen molar-refractivity contribution >= 4 is 11.5 Å². The molecule has 0 saturated carbocycles. The monoisotopic (exact) mass is 288 g/mol. The summed E-state index contributed by atoms with van der Waals surface area (Å²) in [6, 6.07) is 6.03. The third-order valence-electron chi connectivity index (χ3n) is 4.40. The van der Waals surface area contributed by atoms with Gasteiger partial charge in [0.1, 0.15) is 0 Å². The molecule has 1 aromatic carbocycles. The van der Waals surface area contributed by atoms with E-state index in [-0.39, 0.29) is 5.78 Å². The van der Waals surface area contributed by atoms with Gasteiger partial charge in [0, 0.05) is 44.9 Å². The SMILES string of the molecule is Cc1cc(C(=O)CCN2CCCC(C)C2)ccc1N(C)C. The van der Waals surface area contributed by atoms with E-state index in [0.29, 0.717) is 6.42 Å². The molecule has 0 bridgehead atoms. The number of anilines is 1. The van der Waals surface area contributed by atoms with Crippen molar-refractivity contribution in [3.8, 4) is 0 Å². The van der Waals surface area contributed by atoms with Crippen LogP contribution < -0.4 is 4.90 Å². The van der Waals surface area contributed by atoms with Gasteiger partial charge in [-0.15, -0.1) is 0 Å². The van der Waals surface area contributed by atoms with Gasteiger partial charge in [-0.1, -0.05) is 6.92 Å². The second kappa shape index (κ2) is 7.08. The first kappa shape index (κ1) is 16.0. The molecule has 3 heteroatoms. The van der Waals surface area contributed by atoms with Crippen LogP contribution >= 0.6 is 0 Å². The van der Waals surface area contributed by atoms with Gasteiger partial charge in [0.05, 0.1) is 0 Å². The zero-order valence-electron chi connectivity index (χ0n) is 13.9. The molecule has 0 radical (unpaired) electrons. The largest absolute Gasteiger partial charge is 0.377 e. The number of carbonyl (C=O) groups is 1. The lowest BCUT2D eigenvalue weighted by Gasteiger charge is -2.30. The van der Waals surface area contributed by atoms with Crippen LogP contribution in [0.25, 0.3) is 0 Å². The van der Waals surface area contributed by atoms with E-state index in [4.69, 9.17) is 0 Å². The number of rotatable bonds is 5. The van der Waals surface area contributed by atoms with Crippen molar-refractivity contribution in [3.63, 3.8) is 0 Å². The number of hydrogen-bond donors (Lipinski definition) is 0. The molecule has 116 valence electrons. The van der Waals surface area contributed by atoms with Crippen LogP contribution in [0.5, 0.6) is 0 Å². The van der Waals surface area contributed by atoms with E-state index in [9.17, 15) is 4.79 Å². The van der Waals surface area contributed by atoms with Crippen LogP contribution in [0.2, 0.25) is 0 Å². The number of aryl methyl sites for hydroxylation is 1. The predicted octanol–water partition coefficient (Wildman–Crippen LogP) is 3.37. The number of ketones is 1. The first-order chi connectivity index (χ1) is 9.97. The molecule has 0 N–H and O–H groups in total. The first-order valence-electron chi connectivity index (χ1n) is 8.01. The van der Waals surface area contributed by atoms with E-state index in [0.717, 1.165) is 36.7 Å². The lowest BCUT2D eigenvalue weighted by molar-refractivity contribution is 0.0949. The minimum atomic E-state index is 0.265. The van der Waals surface area contributed by atoms with Crippen molar-refractivity contribution in [2.75, 3.05) is 38.6 Å². The molecule has 0 aliphatic carbocycles. The van der Waals surface area contributed by atoms with Crippen LogP contribution in [0.15, 0.2) is 18.2 Å². The van der Waals surface area contributed by atoms with E-state index in [2.05, 4.69) is 23.6 Å².